The van der Waals surface area contributed by atoms with Crippen LogP contribution in [0.25, 0.3) is 0 Å². The predicted octanol–water partition coefficient (Wildman–Crippen LogP) is 3.48. The quantitative estimate of drug-likeness (QED) is 0.381. The number of imide groups is 1. The summed E-state index contributed by atoms with van der Waals surface area (Å²) < 4.78 is 6.56. The molecule has 1 atom stereocenters. The number of carbonyl (C=O) groups excluding carboxylic acids is 4. The van der Waals surface area contributed by atoms with Crippen LogP contribution in [0.5, 0.6) is 0 Å². The van der Waals surface area contributed by atoms with E-state index in [-0.39, 0.29) is 37.2 Å². The lowest BCUT2D eigenvalue weighted by atomic mass is 9.94. The topological polar surface area (TPSA) is 112 Å². The Balaban J connectivity index is 1.38. The molecule has 0 saturated heterocycles. The van der Waals surface area contributed by atoms with Crippen molar-refractivity contribution >= 4 is 35.2 Å². The summed E-state index contributed by atoms with van der Waals surface area (Å²) in [7, 11) is 0. The first-order valence-electron chi connectivity index (χ1n) is 12.3. The third-order valence-electron chi connectivity index (χ3n) is 6.56. The fraction of sp³-hybridized carbons (Fsp3) is 0.321. The van der Waals surface area contributed by atoms with Crippen molar-refractivity contribution in [2.45, 2.75) is 39.7 Å². The van der Waals surface area contributed by atoms with Crippen LogP contribution >= 0.6 is 0 Å². The van der Waals surface area contributed by atoms with Gasteiger partial charge in [-0.25, -0.2) is 4.79 Å². The number of nitrogens with one attached hydrogen (secondary N) is 2. The second-order valence-corrected chi connectivity index (χ2v) is 9.11. The Morgan fingerprint density at radius 1 is 1.05 bits per heavy atom. The number of amides is 5. The molecule has 9 nitrogen and oxygen atoms in total. The van der Waals surface area contributed by atoms with Crippen LogP contribution in [0.1, 0.15) is 36.1 Å². The first-order chi connectivity index (χ1) is 17.8. The molecular weight excluding hydrogens is 472 g/mol. The van der Waals surface area contributed by atoms with Gasteiger partial charge in [-0.1, -0.05) is 30.4 Å². The summed E-state index contributed by atoms with van der Waals surface area (Å²) in [4.78, 5) is 52.7. The van der Waals surface area contributed by atoms with Gasteiger partial charge in [0.15, 0.2) is 6.54 Å². The zero-order valence-corrected chi connectivity index (χ0v) is 21.0. The standard InChI is InChI=1S/C28H30N4O5/c1-19-9-7-12-23(20(19)2)30-26(34)18-32-24-13-4-3-11-22(24)27(35)31(28(32)36)15-6-5-14-25(33)29-17-21-10-8-16-37-21/h3-4,7-13,16,22H,5-6,14-15,17-18H2,1-2H3,(H-,29,30,33,34)/p+1. The molecule has 0 radical (unpaired) electrons. The highest BCUT2D eigenvalue weighted by Gasteiger charge is 2.46. The largest absolute Gasteiger partial charge is 0.501 e. The van der Waals surface area contributed by atoms with Gasteiger partial charge >= 0.3 is 11.9 Å². The molecule has 1 unspecified atom stereocenters. The Morgan fingerprint density at radius 2 is 1.89 bits per heavy atom. The molecule has 1 aromatic heterocycles. The highest BCUT2D eigenvalue weighted by Crippen LogP contribution is 2.21. The van der Waals surface area contributed by atoms with Gasteiger partial charge in [0.2, 0.25) is 5.91 Å². The normalized spacial score (nSPS) is 16.7. The van der Waals surface area contributed by atoms with Gasteiger partial charge in [0, 0.05) is 12.1 Å². The Hall–Kier alpha value is -4.27. The van der Waals surface area contributed by atoms with Gasteiger partial charge < -0.3 is 15.1 Å². The van der Waals surface area contributed by atoms with Crippen LogP contribution in [0.15, 0.2) is 65.3 Å². The minimum Gasteiger partial charge on any atom is -0.467 e. The van der Waals surface area contributed by atoms with E-state index in [1.165, 1.54) is 9.48 Å². The van der Waals surface area contributed by atoms with Crippen LogP contribution < -0.4 is 10.6 Å². The number of hydrogen-bond donors (Lipinski definition) is 2. The third-order valence-corrected chi connectivity index (χ3v) is 6.56. The summed E-state index contributed by atoms with van der Waals surface area (Å²) in [6.45, 7) is 4.15. The molecule has 9 heteroatoms. The number of unbranched alkanes of at least 4 members (excludes halogenated alkanes) is 1. The summed E-state index contributed by atoms with van der Waals surface area (Å²) in [6, 6.07) is 8.64. The number of nitrogens with zero attached hydrogens (tertiary/aromatic N) is 2. The van der Waals surface area contributed by atoms with E-state index in [1.807, 2.05) is 32.0 Å². The fourth-order valence-corrected chi connectivity index (χ4v) is 4.34. The Bertz CT molecular complexity index is 1290. The van der Waals surface area contributed by atoms with E-state index < -0.39 is 11.9 Å². The van der Waals surface area contributed by atoms with Crippen LogP contribution in [0.4, 0.5) is 10.5 Å². The van der Waals surface area contributed by atoms with Crippen LogP contribution in [-0.2, 0) is 20.9 Å². The molecule has 192 valence electrons. The van der Waals surface area contributed by atoms with E-state index >= 15 is 0 Å². The van der Waals surface area contributed by atoms with Gasteiger partial charge in [-0.3, -0.25) is 9.59 Å². The smallest absolute Gasteiger partial charge is 0.467 e. The van der Waals surface area contributed by atoms with Crippen LogP contribution in [0, 0.1) is 19.8 Å². The van der Waals surface area contributed by atoms with Gasteiger partial charge in [-0.15, -0.1) is 0 Å². The summed E-state index contributed by atoms with van der Waals surface area (Å²) in [5.74, 6) is -0.768. The number of hydrogen-bond acceptors (Lipinski definition) is 5. The molecule has 2 aromatic rings. The molecule has 1 aromatic carbocycles. The lowest BCUT2D eigenvalue weighted by molar-refractivity contribution is -0.427. The zero-order chi connectivity index (χ0) is 26.4. The second-order valence-electron chi connectivity index (χ2n) is 9.11. The lowest BCUT2D eigenvalue weighted by Crippen LogP contribution is -2.55. The number of urea groups is 1. The third kappa shape index (κ3) is 6.11. The van der Waals surface area contributed by atoms with Crippen molar-refractivity contribution in [2.75, 3.05) is 18.4 Å². The van der Waals surface area contributed by atoms with Gasteiger partial charge in [0.1, 0.15) is 17.4 Å². The van der Waals surface area contributed by atoms with Gasteiger partial charge in [0.25, 0.3) is 5.91 Å². The first kappa shape index (κ1) is 25.8. The van der Waals surface area contributed by atoms with E-state index in [9.17, 15) is 19.2 Å². The summed E-state index contributed by atoms with van der Waals surface area (Å²) in [5, 5.41) is 5.67. The molecule has 2 N–H and O–H groups in total. The molecule has 1 aliphatic heterocycles. The molecule has 37 heavy (non-hydrogen) atoms. The van der Waals surface area contributed by atoms with Crippen molar-refractivity contribution in [1.82, 2.24) is 10.2 Å². The van der Waals surface area contributed by atoms with Crippen LogP contribution in [0.3, 0.4) is 0 Å². The highest BCUT2D eigenvalue weighted by molar-refractivity contribution is 6.17. The Morgan fingerprint density at radius 3 is 2.68 bits per heavy atom. The van der Waals surface area contributed by atoms with Crippen molar-refractivity contribution in [3.05, 3.63) is 77.8 Å². The zero-order valence-electron chi connectivity index (χ0n) is 21.0. The van der Waals surface area contributed by atoms with E-state index in [4.69, 9.17) is 4.42 Å². The Kier molecular flexibility index (Phi) is 8.12. The molecule has 0 saturated carbocycles. The number of anilines is 1. The average molecular weight is 504 g/mol. The molecule has 1 aliphatic carbocycles. The number of rotatable bonds is 10. The second kappa shape index (κ2) is 11.6. The monoisotopic (exact) mass is 503 g/mol. The van der Waals surface area contributed by atoms with Crippen LogP contribution in [0.2, 0.25) is 0 Å². The molecule has 5 amide bonds. The van der Waals surface area contributed by atoms with Crippen LogP contribution in [-0.4, -0.2) is 52.0 Å². The number of aryl methyl sites for hydroxylation is 1. The van der Waals surface area contributed by atoms with Gasteiger partial charge in [0.05, 0.1) is 19.4 Å². The molecule has 0 spiro atoms. The van der Waals surface area contributed by atoms with Gasteiger partial charge in [-0.05, 0) is 62.1 Å². The highest BCUT2D eigenvalue weighted by atomic mass is 16.3. The Labute approximate surface area is 215 Å². The fourth-order valence-electron chi connectivity index (χ4n) is 4.34. The predicted molar refractivity (Wildman–Crippen MR) is 138 cm³/mol. The number of furan rings is 1. The van der Waals surface area contributed by atoms with Crippen molar-refractivity contribution in [3.63, 3.8) is 0 Å². The molecule has 0 fully saturated rings. The number of benzene rings is 1. The molecule has 0 bridgehead atoms. The number of carbonyl (C=O) groups is 4. The number of allylic oxidation sites excluding steroid dienone is 3. The minimum atomic E-state index is -0.632. The summed E-state index contributed by atoms with van der Waals surface area (Å²) >= 11 is 0. The van der Waals surface area contributed by atoms with E-state index in [1.54, 1.807) is 42.7 Å². The summed E-state index contributed by atoms with van der Waals surface area (Å²) in [5.41, 5.74) is 3.18. The summed E-state index contributed by atoms with van der Waals surface area (Å²) in [6.07, 6.45) is 9.73. The van der Waals surface area contributed by atoms with Crippen molar-refractivity contribution in [1.29, 1.82) is 0 Å². The van der Waals surface area contributed by atoms with E-state index in [0.717, 1.165) is 11.1 Å². The maximum Gasteiger partial charge on any atom is 0.501 e. The van der Waals surface area contributed by atoms with Crippen molar-refractivity contribution < 1.29 is 28.2 Å². The maximum absolute atomic E-state index is 13.3. The van der Waals surface area contributed by atoms with Gasteiger partial charge in [-0.2, -0.15) is 14.3 Å². The SMILES string of the molecule is Cc1cccc(NC(=O)C[N+]2=C3C=CC=CC3C(=O)N(CCCCC(=O)NCc3ccco3)C2=O)c1C. The molecule has 2 aliphatic rings. The van der Waals surface area contributed by atoms with E-state index in [2.05, 4.69) is 10.6 Å². The first-order valence-corrected chi connectivity index (χ1v) is 12.3. The average Bonchev–Trinajstić information content (AvgIpc) is 3.41. The van der Waals surface area contributed by atoms with Crippen molar-refractivity contribution in [3.8, 4) is 0 Å². The lowest BCUT2D eigenvalue weighted by Gasteiger charge is -2.26. The minimum absolute atomic E-state index is 0.131. The molecule has 4 rings (SSSR count). The van der Waals surface area contributed by atoms with Crippen molar-refractivity contribution in [2.24, 2.45) is 5.92 Å². The van der Waals surface area contributed by atoms with E-state index in [0.29, 0.717) is 36.5 Å². The molecule has 2 heterocycles. The maximum atomic E-state index is 13.3. The molecular formula is C28H31N4O5+. The number of fused-ring (bicyclic) bond motifs is 1.